The molecule has 1 rings (SSSR count). The first-order valence-corrected chi connectivity index (χ1v) is 5.94. The Morgan fingerprint density at radius 1 is 1.42 bits per heavy atom. The summed E-state index contributed by atoms with van der Waals surface area (Å²) in [6.45, 7) is 3.20. The minimum atomic E-state index is -1.26. The second-order valence-electron chi connectivity index (χ2n) is 4.64. The quantitative estimate of drug-likeness (QED) is 0.789. The third-order valence-corrected chi connectivity index (χ3v) is 3.02. The van der Waals surface area contributed by atoms with Crippen molar-refractivity contribution in [3.63, 3.8) is 0 Å². The number of carbonyl (C=O) groups is 2. The summed E-state index contributed by atoms with van der Waals surface area (Å²) in [5, 5.41) is 12.0. The highest BCUT2D eigenvalue weighted by Crippen LogP contribution is 2.27. The van der Waals surface area contributed by atoms with Crippen molar-refractivity contribution in [2.45, 2.75) is 31.7 Å². The molecule has 0 spiro atoms. The molecular weight excluding hydrogens is 242 g/mol. The van der Waals surface area contributed by atoms with Gasteiger partial charge in [-0.15, -0.1) is 6.42 Å². The van der Waals surface area contributed by atoms with Crippen molar-refractivity contribution in [1.29, 1.82) is 0 Å². The van der Waals surface area contributed by atoms with Crippen molar-refractivity contribution in [3.8, 4) is 12.3 Å². The van der Waals surface area contributed by atoms with Crippen LogP contribution in [0.2, 0.25) is 0 Å². The monoisotopic (exact) mass is 259 g/mol. The molecule has 100 valence electrons. The molecule has 0 heterocycles. The number of aliphatic carboxylic acids is 1. The van der Waals surface area contributed by atoms with E-state index in [4.69, 9.17) is 6.42 Å². The Labute approximate surface area is 112 Å². The molecule has 0 saturated carbocycles. The van der Waals surface area contributed by atoms with Crippen LogP contribution in [0.3, 0.4) is 0 Å². The van der Waals surface area contributed by atoms with E-state index in [9.17, 15) is 14.7 Å². The van der Waals surface area contributed by atoms with Crippen molar-refractivity contribution in [2.24, 2.45) is 0 Å². The van der Waals surface area contributed by atoms with Gasteiger partial charge in [-0.05, 0) is 19.4 Å². The van der Waals surface area contributed by atoms with Gasteiger partial charge in [-0.3, -0.25) is 9.59 Å². The van der Waals surface area contributed by atoms with E-state index in [1.807, 2.05) is 0 Å². The maximum absolute atomic E-state index is 11.8. The van der Waals surface area contributed by atoms with Gasteiger partial charge in [0.2, 0.25) is 5.91 Å². The van der Waals surface area contributed by atoms with Crippen molar-refractivity contribution in [2.75, 3.05) is 0 Å². The molecule has 0 bridgehead atoms. The van der Waals surface area contributed by atoms with E-state index in [0.717, 1.165) is 0 Å². The van der Waals surface area contributed by atoms with Crippen LogP contribution in [0.1, 0.15) is 25.8 Å². The Kier molecular flexibility index (Phi) is 4.71. The summed E-state index contributed by atoms with van der Waals surface area (Å²) in [5.74, 6) is 0.956. The predicted octanol–water partition coefficient (Wildman–Crippen LogP) is 1.56. The number of benzene rings is 1. The second-order valence-corrected chi connectivity index (χ2v) is 4.64. The fourth-order valence-electron chi connectivity index (χ4n) is 1.76. The molecule has 0 fully saturated rings. The lowest BCUT2D eigenvalue weighted by Gasteiger charge is -2.25. The number of hydrogen-bond donors (Lipinski definition) is 2. The van der Waals surface area contributed by atoms with Gasteiger partial charge in [0, 0.05) is 6.42 Å². The minimum absolute atomic E-state index is 0.154. The van der Waals surface area contributed by atoms with Gasteiger partial charge in [0.05, 0.1) is 11.5 Å². The van der Waals surface area contributed by atoms with E-state index in [2.05, 4.69) is 11.2 Å². The summed E-state index contributed by atoms with van der Waals surface area (Å²) in [4.78, 5) is 23.3. The van der Waals surface area contributed by atoms with E-state index in [-0.39, 0.29) is 12.3 Å². The van der Waals surface area contributed by atoms with Gasteiger partial charge >= 0.3 is 5.97 Å². The molecule has 19 heavy (non-hydrogen) atoms. The number of amides is 1. The zero-order valence-corrected chi connectivity index (χ0v) is 11.0. The van der Waals surface area contributed by atoms with Crippen LogP contribution in [-0.4, -0.2) is 23.0 Å². The lowest BCUT2D eigenvalue weighted by Crippen LogP contribution is -2.41. The fourth-order valence-corrected chi connectivity index (χ4v) is 1.76. The number of carbonyl (C=O) groups excluding carboxylic acids is 1. The van der Waals surface area contributed by atoms with Gasteiger partial charge in [0.25, 0.3) is 0 Å². The van der Waals surface area contributed by atoms with Crippen LogP contribution >= 0.6 is 0 Å². The molecule has 1 aromatic carbocycles. The molecule has 2 N–H and O–H groups in total. The molecule has 0 aliphatic rings. The van der Waals surface area contributed by atoms with E-state index >= 15 is 0 Å². The third kappa shape index (κ3) is 3.59. The van der Waals surface area contributed by atoms with Gasteiger partial charge in [-0.25, -0.2) is 0 Å². The first-order valence-electron chi connectivity index (χ1n) is 5.94. The Bertz CT molecular complexity index is 504. The molecule has 0 aliphatic heterocycles. The summed E-state index contributed by atoms with van der Waals surface area (Å²) in [6, 6.07) is 8.28. The molecule has 2 unspecified atom stereocenters. The first-order chi connectivity index (χ1) is 8.90. The van der Waals surface area contributed by atoms with Crippen molar-refractivity contribution in [3.05, 3.63) is 35.9 Å². The number of nitrogens with one attached hydrogen (secondary N) is 1. The molecule has 4 nitrogen and oxygen atoms in total. The highest BCUT2D eigenvalue weighted by Gasteiger charge is 2.37. The van der Waals surface area contributed by atoms with Crippen LogP contribution in [0.5, 0.6) is 0 Å². The third-order valence-electron chi connectivity index (χ3n) is 3.02. The number of carboxylic acids is 1. The molecule has 0 aliphatic carbocycles. The number of rotatable bonds is 5. The zero-order valence-electron chi connectivity index (χ0n) is 11.0. The zero-order chi connectivity index (χ0) is 14.5. The molecule has 2 atom stereocenters. The summed E-state index contributed by atoms with van der Waals surface area (Å²) in [6.07, 6.45) is 5.02. The maximum Gasteiger partial charge on any atom is 0.314 e. The first kappa shape index (κ1) is 14.8. The average Bonchev–Trinajstić information content (AvgIpc) is 2.39. The lowest BCUT2D eigenvalue weighted by molar-refractivity contribution is -0.145. The molecule has 0 aromatic heterocycles. The van der Waals surface area contributed by atoms with Gasteiger partial charge in [-0.2, -0.15) is 0 Å². The SMILES string of the molecule is C#CC(C)NC(=O)CC(C)(C(=O)O)c1ccccc1. The molecule has 1 amide bonds. The van der Waals surface area contributed by atoms with Crippen molar-refractivity contribution < 1.29 is 14.7 Å². The van der Waals surface area contributed by atoms with Crippen LogP contribution < -0.4 is 5.32 Å². The van der Waals surface area contributed by atoms with Gasteiger partial charge in [-0.1, -0.05) is 36.3 Å². The fraction of sp³-hybridized carbons (Fsp3) is 0.333. The Balaban J connectivity index is 2.94. The molecule has 0 radical (unpaired) electrons. The number of carboxylic acid groups (broad SMARTS) is 1. The van der Waals surface area contributed by atoms with Crippen LogP contribution in [0, 0.1) is 12.3 Å². The topological polar surface area (TPSA) is 66.4 Å². The van der Waals surface area contributed by atoms with Gasteiger partial charge in [0.15, 0.2) is 0 Å². The molecule has 4 heteroatoms. The Morgan fingerprint density at radius 3 is 2.47 bits per heavy atom. The Morgan fingerprint density at radius 2 is 2.00 bits per heavy atom. The van der Waals surface area contributed by atoms with Crippen molar-refractivity contribution in [1.82, 2.24) is 5.32 Å². The Hall–Kier alpha value is -2.28. The van der Waals surface area contributed by atoms with E-state index < -0.39 is 17.4 Å². The summed E-state index contributed by atoms with van der Waals surface area (Å²) in [7, 11) is 0. The smallest absolute Gasteiger partial charge is 0.314 e. The summed E-state index contributed by atoms with van der Waals surface area (Å²) in [5.41, 5.74) is -0.675. The standard InChI is InChI=1S/C15H17NO3/c1-4-11(2)16-13(17)10-15(3,14(18)19)12-8-6-5-7-9-12/h1,5-9,11H,10H2,2-3H3,(H,16,17)(H,18,19). The molecular formula is C15H17NO3. The largest absolute Gasteiger partial charge is 0.481 e. The van der Waals surface area contributed by atoms with E-state index in [1.54, 1.807) is 37.3 Å². The van der Waals surface area contributed by atoms with E-state index in [0.29, 0.717) is 5.56 Å². The molecule has 0 saturated heterocycles. The van der Waals surface area contributed by atoms with Gasteiger partial charge in [0.1, 0.15) is 0 Å². The predicted molar refractivity (Wildman–Crippen MR) is 72.5 cm³/mol. The second kappa shape index (κ2) is 6.05. The van der Waals surface area contributed by atoms with Crippen LogP contribution in [0.4, 0.5) is 0 Å². The van der Waals surface area contributed by atoms with E-state index in [1.165, 1.54) is 6.92 Å². The highest BCUT2D eigenvalue weighted by atomic mass is 16.4. The normalized spacial score (nSPS) is 14.8. The summed E-state index contributed by atoms with van der Waals surface area (Å²) >= 11 is 0. The summed E-state index contributed by atoms with van der Waals surface area (Å²) < 4.78 is 0. The number of terminal acetylenes is 1. The lowest BCUT2D eigenvalue weighted by atomic mass is 9.79. The van der Waals surface area contributed by atoms with Crippen LogP contribution in [0.25, 0.3) is 0 Å². The minimum Gasteiger partial charge on any atom is -0.481 e. The van der Waals surface area contributed by atoms with Crippen LogP contribution in [0.15, 0.2) is 30.3 Å². The van der Waals surface area contributed by atoms with Crippen molar-refractivity contribution >= 4 is 11.9 Å². The van der Waals surface area contributed by atoms with Crippen LogP contribution in [-0.2, 0) is 15.0 Å². The van der Waals surface area contributed by atoms with Gasteiger partial charge < -0.3 is 10.4 Å². The number of hydrogen-bond acceptors (Lipinski definition) is 2. The maximum atomic E-state index is 11.8. The highest BCUT2D eigenvalue weighted by molar-refractivity contribution is 5.89. The molecule has 1 aromatic rings. The average molecular weight is 259 g/mol.